The molecule has 1 amide bonds. The Hall–Kier alpha value is -2.21. The lowest BCUT2D eigenvalue weighted by molar-refractivity contribution is 0.211. The first kappa shape index (κ1) is 12.8. The average molecular weight is 290 g/mol. The molecule has 0 fully saturated rings. The maximum Gasteiger partial charge on any atom is 0.410 e. The van der Waals surface area contributed by atoms with Crippen LogP contribution >= 0.6 is 11.3 Å². The average Bonchev–Trinajstić information content (AvgIpc) is 2.74. The number of amides is 1. The first-order valence-corrected chi connectivity index (χ1v) is 6.97. The summed E-state index contributed by atoms with van der Waals surface area (Å²) in [7, 11) is 1.65. The number of methoxy groups -OCH3 is 1. The second-order valence-electron chi connectivity index (χ2n) is 4.55. The number of carbonyl (C=O) groups excluding carboxylic acids is 1. The highest BCUT2D eigenvalue weighted by Gasteiger charge is 2.25. The van der Waals surface area contributed by atoms with Gasteiger partial charge in [-0.25, -0.2) is 4.79 Å². The molecule has 6 heteroatoms. The number of hydrogen-bond acceptors (Lipinski definition) is 5. The van der Waals surface area contributed by atoms with Crippen LogP contribution in [-0.4, -0.2) is 13.2 Å². The van der Waals surface area contributed by atoms with Crippen LogP contribution in [0, 0.1) is 0 Å². The molecule has 1 aromatic heterocycles. The molecule has 3 rings (SSSR count). The zero-order chi connectivity index (χ0) is 14.3. The first-order valence-electron chi connectivity index (χ1n) is 6.16. The highest BCUT2D eigenvalue weighted by Crippen LogP contribution is 2.48. The molecule has 0 radical (unpaired) electrons. The molecular weight excluding hydrogens is 276 g/mol. The summed E-state index contributed by atoms with van der Waals surface area (Å²) in [5, 5.41) is 0.484. The number of carbonyl (C=O) groups is 1. The van der Waals surface area contributed by atoms with Gasteiger partial charge in [0.05, 0.1) is 7.11 Å². The van der Waals surface area contributed by atoms with Gasteiger partial charge in [-0.05, 0) is 42.2 Å². The third-order valence-electron chi connectivity index (χ3n) is 3.39. The maximum atomic E-state index is 11.0. The zero-order valence-corrected chi connectivity index (χ0v) is 11.8. The van der Waals surface area contributed by atoms with Gasteiger partial charge in [-0.3, -0.25) is 0 Å². The van der Waals surface area contributed by atoms with E-state index in [1.54, 1.807) is 7.11 Å². The van der Waals surface area contributed by atoms with Gasteiger partial charge in [-0.2, -0.15) is 0 Å². The number of ether oxygens (including phenoxy) is 2. The van der Waals surface area contributed by atoms with E-state index in [1.807, 2.05) is 18.2 Å². The molecule has 0 bridgehead atoms. The van der Waals surface area contributed by atoms with Gasteiger partial charge in [0.2, 0.25) is 0 Å². The number of benzene rings is 1. The predicted molar refractivity (Wildman–Crippen MR) is 78.3 cm³/mol. The normalized spacial score (nSPS) is 12.4. The Morgan fingerprint density at radius 1 is 1.35 bits per heavy atom. The second kappa shape index (κ2) is 4.72. The van der Waals surface area contributed by atoms with Crippen LogP contribution in [0.4, 0.5) is 9.80 Å². The van der Waals surface area contributed by atoms with Crippen molar-refractivity contribution in [2.24, 2.45) is 5.73 Å². The van der Waals surface area contributed by atoms with Crippen molar-refractivity contribution in [1.82, 2.24) is 0 Å². The van der Waals surface area contributed by atoms with Crippen LogP contribution in [0.25, 0.3) is 10.4 Å². The highest BCUT2D eigenvalue weighted by atomic mass is 32.1. The Labute approximate surface area is 120 Å². The molecule has 5 nitrogen and oxygen atoms in total. The zero-order valence-electron chi connectivity index (χ0n) is 10.9. The van der Waals surface area contributed by atoms with Crippen LogP contribution in [-0.2, 0) is 12.8 Å². The summed E-state index contributed by atoms with van der Waals surface area (Å²) < 4.78 is 10.3. The van der Waals surface area contributed by atoms with Crippen LogP contribution in [0.3, 0.4) is 0 Å². The van der Waals surface area contributed by atoms with Crippen molar-refractivity contribution in [1.29, 1.82) is 0 Å². The number of hydrogen-bond donors (Lipinski definition) is 2. The number of primary amides is 1. The van der Waals surface area contributed by atoms with E-state index in [2.05, 4.69) is 0 Å². The molecule has 0 saturated carbocycles. The third-order valence-corrected chi connectivity index (χ3v) is 4.46. The van der Waals surface area contributed by atoms with E-state index in [0.717, 1.165) is 34.6 Å². The van der Waals surface area contributed by atoms with E-state index in [-0.39, 0.29) is 0 Å². The number of rotatable bonds is 2. The number of nitrogen functional groups attached to an aromatic ring is 1. The Bertz CT molecular complexity index is 694. The summed E-state index contributed by atoms with van der Waals surface area (Å²) in [4.78, 5) is 12.0. The monoisotopic (exact) mass is 290 g/mol. The van der Waals surface area contributed by atoms with Gasteiger partial charge in [0.25, 0.3) is 0 Å². The van der Waals surface area contributed by atoms with Gasteiger partial charge < -0.3 is 20.9 Å². The van der Waals surface area contributed by atoms with Crippen molar-refractivity contribution in [2.45, 2.75) is 12.8 Å². The van der Waals surface area contributed by atoms with Crippen LogP contribution in [0.5, 0.6) is 11.5 Å². The molecule has 104 valence electrons. The van der Waals surface area contributed by atoms with E-state index in [4.69, 9.17) is 20.9 Å². The number of thiophene rings is 1. The summed E-state index contributed by atoms with van der Waals surface area (Å²) in [6.07, 6.45) is 0.786. The van der Waals surface area contributed by atoms with Crippen molar-refractivity contribution in [3.63, 3.8) is 0 Å². The summed E-state index contributed by atoms with van der Waals surface area (Å²) >= 11 is 1.42. The Morgan fingerprint density at radius 2 is 2.15 bits per heavy atom. The molecule has 0 unspecified atom stereocenters. The van der Waals surface area contributed by atoms with Gasteiger partial charge >= 0.3 is 6.09 Å². The fourth-order valence-corrected chi connectivity index (χ4v) is 3.62. The SMILES string of the molecule is COc1ccc2c(c1)CCc1c-2sc(N)c1OC(N)=O. The smallest absolute Gasteiger partial charge is 0.410 e. The fourth-order valence-electron chi connectivity index (χ4n) is 2.51. The molecule has 20 heavy (non-hydrogen) atoms. The Kier molecular flexibility index (Phi) is 3.02. The number of anilines is 1. The fraction of sp³-hybridized carbons (Fsp3) is 0.214. The standard InChI is InChI=1S/C14H14N2O3S/c1-18-8-3-5-9-7(6-8)2-4-10-11(19-14(16)17)13(15)20-12(9)10/h3,5-6H,2,4,15H2,1H3,(H2,16,17). The van der Waals surface area contributed by atoms with Crippen LogP contribution in [0.1, 0.15) is 11.1 Å². The second-order valence-corrected chi connectivity index (χ2v) is 5.60. The van der Waals surface area contributed by atoms with Crippen LogP contribution in [0.15, 0.2) is 18.2 Å². The Morgan fingerprint density at radius 3 is 2.85 bits per heavy atom. The van der Waals surface area contributed by atoms with E-state index in [9.17, 15) is 4.79 Å². The topological polar surface area (TPSA) is 87.6 Å². The molecule has 0 saturated heterocycles. The van der Waals surface area contributed by atoms with Gasteiger partial charge in [-0.15, -0.1) is 11.3 Å². The molecule has 0 atom stereocenters. The molecule has 1 aliphatic carbocycles. The lowest BCUT2D eigenvalue weighted by atomic mass is 9.91. The minimum absolute atomic E-state index is 0.416. The van der Waals surface area contributed by atoms with E-state index in [1.165, 1.54) is 16.9 Å². The van der Waals surface area contributed by atoms with E-state index in [0.29, 0.717) is 10.8 Å². The molecule has 0 aliphatic heterocycles. The number of aryl methyl sites for hydroxylation is 1. The van der Waals surface area contributed by atoms with E-state index < -0.39 is 6.09 Å². The van der Waals surface area contributed by atoms with E-state index >= 15 is 0 Å². The molecule has 1 aliphatic rings. The molecular formula is C14H14N2O3S. The van der Waals surface area contributed by atoms with Crippen molar-refractivity contribution in [2.75, 3.05) is 12.8 Å². The van der Waals surface area contributed by atoms with Gasteiger partial charge in [0, 0.05) is 10.4 Å². The van der Waals surface area contributed by atoms with Gasteiger partial charge in [-0.1, -0.05) is 0 Å². The molecule has 4 N–H and O–H groups in total. The molecule has 0 spiro atoms. The molecule has 1 aromatic carbocycles. The van der Waals surface area contributed by atoms with Crippen molar-refractivity contribution in [3.05, 3.63) is 29.3 Å². The summed E-state index contributed by atoms with van der Waals surface area (Å²) in [6.45, 7) is 0. The maximum absolute atomic E-state index is 11.0. The summed E-state index contributed by atoms with van der Waals surface area (Å²) in [6, 6.07) is 5.96. The predicted octanol–water partition coefficient (Wildman–Crippen LogP) is 2.56. The summed E-state index contributed by atoms with van der Waals surface area (Å²) in [5.41, 5.74) is 14.3. The van der Waals surface area contributed by atoms with Crippen molar-refractivity contribution >= 4 is 22.4 Å². The highest BCUT2D eigenvalue weighted by molar-refractivity contribution is 7.20. The number of fused-ring (bicyclic) bond motifs is 3. The summed E-state index contributed by atoms with van der Waals surface area (Å²) in [5.74, 6) is 1.25. The van der Waals surface area contributed by atoms with Crippen molar-refractivity contribution < 1.29 is 14.3 Å². The lowest BCUT2D eigenvalue weighted by Crippen LogP contribution is -2.17. The first-order chi connectivity index (χ1) is 9.60. The van der Waals surface area contributed by atoms with Gasteiger partial charge in [0.15, 0.2) is 5.75 Å². The minimum atomic E-state index is -0.835. The van der Waals surface area contributed by atoms with Crippen molar-refractivity contribution in [3.8, 4) is 21.9 Å². The van der Waals surface area contributed by atoms with Gasteiger partial charge in [0.1, 0.15) is 10.8 Å². The Balaban J connectivity index is 2.11. The quantitative estimate of drug-likeness (QED) is 0.889. The third kappa shape index (κ3) is 1.98. The van der Waals surface area contributed by atoms with Crippen LogP contribution in [0.2, 0.25) is 0 Å². The van der Waals surface area contributed by atoms with Crippen LogP contribution < -0.4 is 20.9 Å². The largest absolute Gasteiger partial charge is 0.497 e. The minimum Gasteiger partial charge on any atom is -0.497 e. The molecule has 2 aromatic rings. The lowest BCUT2D eigenvalue weighted by Gasteiger charge is -2.17. The molecule has 1 heterocycles. The number of nitrogens with two attached hydrogens (primary N) is 2.